The van der Waals surface area contributed by atoms with Gasteiger partial charge < -0.3 is 9.88 Å². The molecule has 0 bridgehead atoms. The average molecular weight is 472 g/mol. The molecule has 4 aromatic heterocycles. The molecule has 0 aliphatic heterocycles. The lowest BCUT2D eigenvalue weighted by atomic mass is 10.2. The number of amides is 1. The van der Waals surface area contributed by atoms with E-state index in [0.717, 1.165) is 12.4 Å². The first-order valence-corrected chi connectivity index (χ1v) is 9.95. The van der Waals surface area contributed by atoms with Crippen LogP contribution in [0.4, 0.5) is 19.0 Å². The van der Waals surface area contributed by atoms with Gasteiger partial charge in [-0.2, -0.15) is 13.2 Å². The first-order chi connectivity index (χ1) is 16.1. The number of halogens is 3. The Kier molecular flexibility index (Phi) is 4.63. The van der Waals surface area contributed by atoms with Crippen LogP contribution in [0.2, 0.25) is 0 Å². The number of nitrogens with zero attached hydrogens (tertiary/aromatic N) is 6. The summed E-state index contributed by atoms with van der Waals surface area (Å²) in [6.07, 6.45) is -0.458. The van der Waals surface area contributed by atoms with E-state index in [9.17, 15) is 27.6 Å². The molecule has 1 saturated carbocycles. The lowest BCUT2D eigenvalue weighted by molar-refractivity contribution is -0.145. The number of anilines is 1. The maximum absolute atomic E-state index is 13.2. The van der Waals surface area contributed by atoms with Crippen LogP contribution in [-0.4, -0.2) is 40.0 Å². The van der Waals surface area contributed by atoms with E-state index in [1.165, 1.54) is 34.6 Å². The minimum absolute atomic E-state index is 0.0957. The van der Waals surface area contributed by atoms with Crippen LogP contribution in [0, 0.1) is 0 Å². The number of carbonyl (C=O) groups excluding carboxylic acids is 1. The molecule has 0 aromatic carbocycles. The number of alkyl halides is 3. The number of pyridine rings is 1. The number of H-pyrrole nitrogens is 1. The molecule has 14 heteroatoms. The fourth-order valence-corrected chi connectivity index (χ4v) is 3.66. The molecule has 1 amide bonds. The Morgan fingerprint density at radius 1 is 1.15 bits per heavy atom. The van der Waals surface area contributed by atoms with E-state index in [4.69, 9.17) is 0 Å². The van der Waals surface area contributed by atoms with E-state index in [1.807, 2.05) is 0 Å². The molecule has 2 N–H and O–H groups in total. The van der Waals surface area contributed by atoms with Gasteiger partial charge in [0.1, 0.15) is 11.4 Å². The van der Waals surface area contributed by atoms with Gasteiger partial charge in [-0.15, -0.1) is 0 Å². The molecule has 4 aromatic rings. The molecule has 1 fully saturated rings. The normalized spacial score (nSPS) is 14.8. The molecular formula is C20H15F3N8O3. The van der Waals surface area contributed by atoms with Gasteiger partial charge in [0.15, 0.2) is 11.2 Å². The van der Waals surface area contributed by atoms with Crippen molar-refractivity contribution in [2.75, 3.05) is 5.32 Å². The van der Waals surface area contributed by atoms with Crippen molar-refractivity contribution in [3.05, 3.63) is 63.6 Å². The highest BCUT2D eigenvalue weighted by Gasteiger charge is 2.53. The summed E-state index contributed by atoms with van der Waals surface area (Å²) in [6, 6.07) is 4.63. The van der Waals surface area contributed by atoms with E-state index >= 15 is 0 Å². The molecule has 5 rings (SSSR count). The molecule has 1 aliphatic carbocycles. The third-order valence-electron chi connectivity index (χ3n) is 5.61. The molecule has 0 atom stereocenters. The monoisotopic (exact) mass is 472 g/mol. The molecule has 4 heterocycles. The number of carbonyl (C=O) groups is 1. The van der Waals surface area contributed by atoms with Crippen molar-refractivity contribution in [1.29, 1.82) is 0 Å². The molecule has 174 valence electrons. The van der Waals surface area contributed by atoms with Crippen molar-refractivity contribution >= 4 is 22.9 Å². The number of aromatic amines is 1. The second kappa shape index (κ2) is 7.33. The summed E-state index contributed by atoms with van der Waals surface area (Å²) in [5.41, 5.74) is -1.63. The van der Waals surface area contributed by atoms with E-state index in [-0.39, 0.29) is 28.2 Å². The quantitative estimate of drug-likeness (QED) is 0.458. The zero-order valence-corrected chi connectivity index (χ0v) is 17.4. The van der Waals surface area contributed by atoms with E-state index in [1.54, 1.807) is 6.07 Å². The number of hydrogen-bond donors (Lipinski definition) is 2. The van der Waals surface area contributed by atoms with Crippen LogP contribution in [0.3, 0.4) is 0 Å². The van der Waals surface area contributed by atoms with Gasteiger partial charge in [-0.05, 0) is 25.0 Å². The summed E-state index contributed by atoms with van der Waals surface area (Å²) in [7, 11) is 1.46. The van der Waals surface area contributed by atoms with Gasteiger partial charge in [-0.1, -0.05) is 6.07 Å². The smallest absolute Gasteiger partial charge is 0.309 e. The average Bonchev–Trinajstić information content (AvgIpc) is 3.48. The van der Waals surface area contributed by atoms with Crippen molar-refractivity contribution in [2.24, 2.45) is 7.05 Å². The number of aryl methyl sites for hydroxylation is 1. The van der Waals surface area contributed by atoms with Crippen molar-refractivity contribution in [1.82, 2.24) is 34.1 Å². The molecule has 0 unspecified atom stereocenters. The zero-order valence-electron chi connectivity index (χ0n) is 17.4. The van der Waals surface area contributed by atoms with Crippen LogP contribution < -0.4 is 16.6 Å². The number of hydrogen-bond acceptors (Lipinski definition) is 7. The predicted molar refractivity (Wildman–Crippen MR) is 112 cm³/mol. The largest absolute Gasteiger partial charge is 0.451 e. The summed E-state index contributed by atoms with van der Waals surface area (Å²) in [5, 5.41) is 2.69. The zero-order chi connectivity index (χ0) is 24.3. The number of fused-ring (bicyclic) bond motifs is 1. The molecule has 11 nitrogen and oxygen atoms in total. The molecule has 0 spiro atoms. The van der Waals surface area contributed by atoms with Crippen molar-refractivity contribution in [3.8, 4) is 11.3 Å². The van der Waals surface area contributed by atoms with E-state index in [0.29, 0.717) is 12.8 Å². The van der Waals surface area contributed by atoms with Crippen molar-refractivity contribution in [3.63, 3.8) is 0 Å². The molecule has 1 aliphatic rings. The highest BCUT2D eigenvalue weighted by Crippen LogP contribution is 2.45. The third-order valence-corrected chi connectivity index (χ3v) is 5.61. The van der Waals surface area contributed by atoms with Gasteiger partial charge in [-0.3, -0.25) is 19.1 Å². The van der Waals surface area contributed by atoms with Gasteiger partial charge in [0, 0.05) is 25.0 Å². The van der Waals surface area contributed by atoms with Crippen LogP contribution in [0.25, 0.3) is 22.4 Å². The van der Waals surface area contributed by atoms with Gasteiger partial charge in [0.2, 0.25) is 5.82 Å². The maximum atomic E-state index is 13.2. The minimum atomic E-state index is -4.66. The van der Waals surface area contributed by atoms with E-state index in [2.05, 4.69) is 30.2 Å². The summed E-state index contributed by atoms with van der Waals surface area (Å²) in [6.45, 7) is 0. The first-order valence-electron chi connectivity index (χ1n) is 9.95. The fourth-order valence-electron chi connectivity index (χ4n) is 3.66. The van der Waals surface area contributed by atoms with Gasteiger partial charge in [0.25, 0.3) is 11.5 Å². The van der Waals surface area contributed by atoms with Crippen molar-refractivity contribution in [2.45, 2.75) is 24.6 Å². The third kappa shape index (κ3) is 3.43. The SMILES string of the molecule is Cn1c(=O)[nH]c(=O)c2c1ncn2C1(C(=O)Nc2cccc(-c3cnc(C(F)(F)F)nc3)n2)CC1. The van der Waals surface area contributed by atoms with E-state index < -0.39 is 34.7 Å². The van der Waals surface area contributed by atoms with Gasteiger partial charge >= 0.3 is 11.9 Å². The Morgan fingerprint density at radius 3 is 2.50 bits per heavy atom. The summed E-state index contributed by atoms with van der Waals surface area (Å²) in [5.74, 6) is -1.57. The Morgan fingerprint density at radius 2 is 1.85 bits per heavy atom. The maximum Gasteiger partial charge on any atom is 0.451 e. The lowest BCUT2D eigenvalue weighted by Gasteiger charge is -2.17. The first kappa shape index (κ1) is 21.5. The van der Waals surface area contributed by atoms with Gasteiger partial charge in [0.05, 0.1) is 12.0 Å². The molecule has 34 heavy (non-hydrogen) atoms. The van der Waals surface area contributed by atoms with Crippen LogP contribution >= 0.6 is 0 Å². The summed E-state index contributed by atoms with van der Waals surface area (Å²) < 4.78 is 40.7. The number of nitrogens with one attached hydrogen (secondary N) is 2. The molecular weight excluding hydrogens is 457 g/mol. The summed E-state index contributed by atoms with van der Waals surface area (Å²) in [4.78, 5) is 54.7. The Hall–Kier alpha value is -4.36. The summed E-state index contributed by atoms with van der Waals surface area (Å²) >= 11 is 0. The van der Waals surface area contributed by atoms with Crippen LogP contribution in [0.5, 0.6) is 0 Å². The van der Waals surface area contributed by atoms with Crippen LogP contribution in [0.15, 0.2) is 46.5 Å². The Bertz CT molecular complexity index is 1550. The van der Waals surface area contributed by atoms with Crippen LogP contribution in [-0.2, 0) is 23.6 Å². The predicted octanol–water partition coefficient (Wildman–Crippen LogP) is 1.42. The Balaban J connectivity index is 1.44. The molecule has 0 radical (unpaired) electrons. The number of rotatable bonds is 4. The Labute approximate surface area is 187 Å². The second-order valence-corrected chi connectivity index (χ2v) is 7.79. The van der Waals surface area contributed by atoms with Crippen molar-refractivity contribution < 1.29 is 18.0 Å². The fraction of sp³-hybridized carbons (Fsp3) is 0.250. The highest BCUT2D eigenvalue weighted by molar-refractivity contribution is 5.99. The minimum Gasteiger partial charge on any atom is -0.309 e. The van der Waals surface area contributed by atoms with Gasteiger partial charge in [-0.25, -0.2) is 24.7 Å². The number of aromatic nitrogens is 7. The number of imidazole rings is 1. The molecule has 0 saturated heterocycles. The standard InChI is InChI=1S/C20H15F3N8O3/c1-30-14-13(15(32)29-18(30)34)31(9-26-14)19(5-6-19)17(33)28-12-4-2-3-11(27-12)10-7-24-16(25-8-10)20(21,22)23/h2-4,7-9H,5-6H2,1H3,(H,27,28,33)(H,29,32,34). The second-order valence-electron chi connectivity index (χ2n) is 7.79. The topological polar surface area (TPSA) is 140 Å². The van der Waals surface area contributed by atoms with Crippen LogP contribution in [0.1, 0.15) is 18.7 Å². The highest BCUT2D eigenvalue weighted by atomic mass is 19.4. The lowest BCUT2D eigenvalue weighted by Crippen LogP contribution is -2.36.